The summed E-state index contributed by atoms with van der Waals surface area (Å²) in [6, 6.07) is 2.30. The second-order valence-corrected chi connectivity index (χ2v) is 4.73. The molecular weight excluding hydrogens is 278 g/mol. The number of nitrogens with zero attached hydrogens (tertiary/aromatic N) is 1. The first kappa shape index (κ1) is 16.1. The van der Waals surface area contributed by atoms with E-state index in [-0.39, 0.29) is 23.6 Å². The molecule has 0 fully saturated rings. The quantitative estimate of drug-likeness (QED) is 0.465. The number of halogens is 4. The third kappa shape index (κ3) is 4.32. The van der Waals surface area contributed by atoms with Gasteiger partial charge in [0.15, 0.2) is 0 Å². The second-order valence-electron chi connectivity index (χ2n) is 4.73. The van der Waals surface area contributed by atoms with Crippen molar-refractivity contribution >= 4 is 6.08 Å². The SMILES string of the molecule is CC(C)C/C(=C/c1ccc(F)c(C(F)(F)F)c1)[N+](=O)[O-]. The van der Waals surface area contributed by atoms with E-state index >= 15 is 0 Å². The zero-order chi connectivity index (χ0) is 15.5. The van der Waals surface area contributed by atoms with Crippen molar-refractivity contribution in [2.45, 2.75) is 26.4 Å². The predicted molar refractivity (Wildman–Crippen MR) is 65.8 cm³/mol. The normalized spacial score (nSPS) is 12.8. The second kappa shape index (κ2) is 6.02. The van der Waals surface area contributed by atoms with Crippen LogP contribution < -0.4 is 0 Å². The van der Waals surface area contributed by atoms with E-state index in [9.17, 15) is 27.7 Å². The molecule has 1 aromatic rings. The minimum atomic E-state index is -4.83. The van der Waals surface area contributed by atoms with E-state index in [0.717, 1.165) is 12.1 Å². The average Bonchev–Trinajstić information content (AvgIpc) is 2.28. The predicted octanol–water partition coefficient (Wildman–Crippen LogP) is 4.51. The van der Waals surface area contributed by atoms with Gasteiger partial charge in [0.05, 0.1) is 10.5 Å². The molecule has 1 rings (SSSR count). The van der Waals surface area contributed by atoms with Gasteiger partial charge in [0.2, 0.25) is 5.70 Å². The van der Waals surface area contributed by atoms with Gasteiger partial charge >= 0.3 is 6.18 Å². The summed E-state index contributed by atoms with van der Waals surface area (Å²) in [7, 11) is 0. The summed E-state index contributed by atoms with van der Waals surface area (Å²) in [5.41, 5.74) is -1.69. The van der Waals surface area contributed by atoms with Gasteiger partial charge in [0.1, 0.15) is 5.82 Å². The van der Waals surface area contributed by atoms with Gasteiger partial charge in [-0.15, -0.1) is 0 Å². The molecule has 0 radical (unpaired) electrons. The first-order valence-corrected chi connectivity index (χ1v) is 5.83. The van der Waals surface area contributed by atoms with Crippen molar-refractivity contribution in [2.24, 2.45) is 5.92 Å². The molecule has 0 unspecified atom stereocenters. The van der Waals surface area contributed by atoms with Crippen LogP contribution in [0.3, 0.4) is 0 Å². The molecule has 0 bridgehead atoms. The standard InChI is InChI=1S/C13H13F4NO2/c1-8(2)5-10(18(19)20)6-9-3-4-12(14)11(7-9)13(15,16)17/h3-4,6-8H,5H2,1-2H3/b10-6-. The number of alkyl halides is 3. The Hall–Kier alpha value is -1.92. The fraction of sp³-hybridized carbons (Fsp3) is 0.385. The Kier molecular flexibility index (Phi) is 4.86. The molecule has 110 valence electrons. The number of hydrogen-bond donors (Lipinski definition) is 0. The van der Waals surface area contributed by atoms with Gasteiger partial charge in [-0.2, -0.15) is 13.2 Å². The smallest absolute Gasteiger partial charge is 0.259 e. The lowest BCUT2D eigenvalue weighted by atomic mass is 10.0. The highest BCUT2D eigenvalue weighted by Gasteiger charge is 2.34. The van der Waals surface area contributed by atoms with Gasteiger partial charge in [-0.25, -0.2) is 4.39 Å². The van der Waals surface area contributed by atoms with Gasteiger partial charge in [-0.05, 0) is 23.6 Å². The molecule has 0 aliphatic heterocycles. The average molecular weight is 291 g/mol. The molecule has 0 saturated heterocycles. The van der Waals surface area contributed by atoms with Crippen LogP contribution in [0.2, 0.25) is 0 Å². The zero-order valence-electron chi connectivity index (χ0n) is 10.9. The fourth-order valence-corrected chi connectivity index (χ4v) is 1.65. The molecule has 3 nitrogen and oxygen atoms in total. The Balaban J connectivity index is 3.23. The summed E-state index contributed by atoms with van der Waals surface area (Å²) in [5.74, 6) is -1.42. The molecular formula is C13H13F4NO2. The van der Waals surface area contributed by atoms with Gasteiger partial charge in [0, 0.05) is 12.5 Å². The van der Waals surface area contributed by atoms with Crippen molar-refractivity contribution in [1.82, 2.24) is 0 Å². The maximum atomic E-state index is 13.1. The molecule has 0 aliphatic carbocycles. The van der Waals surface area contributed by atoms with E-state index in [1.54, 1.807) is 13.8 Å². The number of allylic oxidation sites excluding steroid dienone is 1. The summed E-state index contributed by atoms with van der Waals surface area (Å²) in [6.07, 6.45) is -3.68. The van der Waals surface area contributed by atoms with Crippen LogP contribution in [0.4, 0.5) is 17.6 Å². The van der Waals surface area contributed by atoms with Crippen LogP contribution in [0.1, 0.15) is 31.4 Å². The van der Waals surface area contributed by atoms with Crippen LogP contribution >= 0.6 is 0 Å². The molecule has 1 aromatic carbocycles. The van der Waals surface area contributed by atoms with Crippen molar-refractivity contribution in [1.29, 1.82) is 0 Å². The maximum Gasteiger partial charge on any atom is 0.419 e. The summed E-state index contributed by atoms with van der Waals surface area (Å²) < 4.78 is 50.7. The Labute approximate surface area is 113 Å². The lowest BCUT2D eigenvalue weighted by Crippen LogP contribution is -2.08. The van der Waals surface area contributed by atoms with E-state index in [4.69, 9.17) is 0 Å². The summed E-state index contributed by atoms with van der Waals surface area (Å²) >= 11 is 0. The zero-order valence-corrected chi connectivity index (χ0v) is 10.9. The van der Waals surface area contributed by atoms with Crippen molar-refractivity contribution < 1.29 is 22.5 Å². The lowest BCUT2D eigenvalue weighted by molar-refractivity contribution is -0.427. The van der Waals surface area contributed by atoms with Gasteiger partial charge in [-0.1, -0.05) is 19.9 Å². The van der Waals surface area contributed by atoms with E-state index < -0.39 is 22.5 Å². The van der Waals surface area contributed by atoms with Crippen LogP contribution in [0.25, 0.3) is 6.08 Å². The highest BCUT2D eigenvalue weighted by atomic mass is 19.4. The van der Waals surface area contributed by atoms with Gasteiger partial charge in [0.25, 0.3) is 0 Å². The highest BCUT2D eigenvalue weighted by Crippen LogP contribution is 2.32. The van der Waals surface area contributed by atoms with Gasteiger partial charge in [-0.3, -0.25) is 10.1 Å². The number of benzene rings is 1. The Morgan fingerprint density at radius 1 is 1.40 bits per heavy atom. The summed E-state index contributed by atoms with van der Waals surface area (Å²) in [4.78, 5) is 10.2. The molecule has 0 N–H and O–H groups in total. The summed E-state index contributed by atoms with van der Waals surface area (Å²) in [5, 5.41) is 10.8. The first-order valence-electron chi connectivity index (χ1n) is 5.83. The molecule has 20 heavy (non-hydrogen) atoms. The Morgan fingerprint density at radius 2 is 2.00 bits per heavy atom. The third-order valence-corrected chi connectivity index (χ3v) is 2.48. The molecule has 0 aromatic heterocycles. The van der Waals surface area contributed by atoms with Crippen LogP contribution in [-0.2, 0) is 6.18 Å². The maximum absolute atomic E-state index is 13.1. The highest BCUT2D eigenvalue weighted by molar-refractivity contribution is 5.52. The molecule has 0 spiro atoms. The number of nitro groups is 1. The first-order chi connectivity index (χ1) is 9.11. The topological polar surface area (TPSA) is 43.1 Å². The molecule has 7 heteroatoms. The minimum Gasteiger partial charge on any atom is -0.259 e. The molecule has 0 aliphatic rings. The monoisotopic (exact) mass is 291 g/mol. The number of hydrogen-bond acceptors (Lipinski definition) is 2. The third-order valence-electron chi connectivity index (χ3n) is 2.48. The fourth-order valence-electron chi connectivity index (χ4n) is 1.65. The molecule has 0 amide bonds. The van der Waals surface area contributed by atoms with Crippen LogP contribution in [-0.4, -0.2) is 4.92 Å². The molecule has 0 saturated carbocycles. The van der Waals surface area contributed by atoms with Crippen molar-refractivity contribution in [3.8, 4) is 0 Å². The Bertz CT molecular complexity index is 536. The van der Waals surface area contributed by atoms with Crippen LogP contribution in [0.5, 0.6) is 0 Å². The number of rotatable bonds is 4. The minimum absolute atomic E-state index is 0.0193. The van der Waals surface area contributed by atoms with Crippen LogP contribution in [0, 0.1) is 21.8 Å². The van der Waals surface area contributed by atoms with Gasteiger partial charge < -0.3 is 0 Å². The van der Waals surface area contributed by atoms with Crippen LogP contribution in [0.15, 0.2) is 23.9 Å². The molecule has 0 heterocycles. The van der Waals surface area contributed by atoms with E-state index in [1.165, 1.54) is 0 Å². The molecule has 0 atom stereocenters. The van der Waals surface area contributed by atoms with E-state index in [1.807, 2.05) is 0 Å². The largest absolute Gasteiger partial charge is 0.419 e. The van der Waals surface area contributed by atoms with Crippen molar-refractivity contribution in [3.63, 3.8) is 0 Å². The Morgan fingerprint density at radius 3 is 2.45 bits per heavy atom. The van der Waals surface area contributed by atoms with Crippen molar-refractivity contribution in [2.75, 3.05) is 0 Å². The summed E-state index contributed by atoms with van der Waals surface area (Å²) in [6.45, 7) is 3.51. The van der Waals surface area contributed by atoms with Crippen molar-refractivity contribution in [3.05, 3.63) is 51.0 Å². The lowest BCUT2D eigenvalue weighted by Gasteiger charge is -2.09. The van der Waals surface area contributed by atoms with E-state index in [0.29, 0.717) is 12.1 Å². The van der Waals surface area contributed by atoms with E-state index in [2.05, 4.69) is 0 Å².